The van der Waals surface area contributed by atoms with Gasteiger partial charge >= 0.3 is 11.9 Å². The van der Waals surface area contributed by atoms with Gasteiger partial charge in [0.15, 0.2) is 0 Å². The van der Waals surface area contributed by atoms with Gasteiger partial charge < -0.3 is 36.6 Å². The number of aromatic nitrogens is 3. The number of nitrogens with zero attached hydrogens (tertiary/aromatic N) is 1. The number of nitro benzene ring substituents is 1. The first-order valence-corrected chi connectivity index (χ1v) is 18.7. The van der Waals surface area contributed by atoms with Gasteiger partial charge in [-0.3, -0.25) is 19.7 Å². The van der Waals surface area contributed by atoms with Crippen LogP contribution in [0.2, 0.25) is 0 Å². The Morgan fingerprint density at radius 3 is 1.81 bits per heavy atom. The summed E-state index contributed by atoms with van der Waals surface area (Å²) in [7, 11) is 0. The van der Waals surface area contributed by atoms with Crippen LogP contribution >= 0.6 is 0 Å². The molecule has 3 aromatic heterocycles. The fourth-order valence-corrected chi connectivity index (χ4v) is 7.57. The van der Waals surface area contributed by atoms with Crippen molar-refractivity contribution in [3.05, 3.63) is 110 Å². The normalized spacial score (nSPS) is 16.4. The van der Waals surface area contributed by atoms with E-state index >= 15 is 0 Å². The van der Waals surface area contributed by atoms with Crippen molar-refractivity contribution in [2.45, 2.75) is 102 Å². The zero-order valence-electron chi connectivity index (χ0n) is 30.9. The summed E-state index contributed by atoms with van der Waals surface area (Å²) in [6.07, 6.45) is 7.65. The minimum atomic E-state index is -1.12. The van der Waals surface area contributed by atoms with Gasteiger partial charge in [-0.2, -0.15) is 0 Å². The number of carboxylic acids is 2. The highest BCUT2D eigenvalue weighted by Gasteiger charge is 2.34. The van der Waals surface area contributed by atoms with Crippen molar-refractivity contribution in [1.82, 2.24) is 15.0 Å². The highest BCUT2D eigenvalue weighted by molar-refractivity contribution is 5.95. The maximum atomic E-state index is 11.6. The molecule has 3 aliphatic carbocycles. The van der Waals surface area contributed by atoms with Gasteiger partial charge in [0.2, 0.25) is 0 Å². The predicted octanol–water partition coefficient (Wildman–Crippen LogP) is 7.88. The van der Waals surface area contributed by atoms with Gasteiger partial charge in [0.1, 0.15) is 12.1 Å². The molecule has 0 spiro atoms. The SMILES string of the molecule is Cc1[nH]c2ccc(C3CC3)c([N+](=O)[O-])c2c1CC(N)C(=O)O.Cc1[nH]c2ccc(C3CC3)cc2c1CC(N)C(=O)O.Cc1cc2cc(C3CC3)ccc2[nH]1. The predicted molar refractivity (Wildman–Crippen MR) is 210 cm³/mol. The highest BCUT2D eigenvalue weighted by atomic mass is 16.6. The number of nitrogens with one attached hydrogen (secondary N) is 3. The number of nitrogens with two attached hydrogens (primary N) is 2. The van der Waals surface area contributed by atoms with Crippen LogP contribution in [0, 0.1) is 30.9 Å². The van der Waals surface area contributed by atoms with E-state index < -0.39 is 24.0 Å². The van der Waals surface area contributed by atoms with Crippen LogP contribution in [-0.4, -0.2) is 54.1 Å². The van der Waals surface area contributed by atoms with Crippen LogP contribution in [0.5, 0.6) is 0 Å². The van der Waals surface area contributed by atoms with Gasteiger partial charge in [0.25, 0.3) is 5.69 Å². The number of H-pyrrole nitrogens is 3. The molecule has 3 saturated carbocycles. The number of nitro groups is 1. The number of hydrogen-bond acceptors (Lipinski definition) is 6. The smallest absolute Gasteiger partial charge is 0.320 e. The molecule has 2 unspecified atom stereocenters. The minimum Gasteiger partial charge on any atom is -0.480 e. The van der Waals surface area contributed by atoms with E-state index in [1.807, 2.05) is 13.0 Å². The van der Waals surface area contributed by atoms with E-state index in [0.29, 0.717) is 28.8 Å². The number of hydrogen-bond donors (Lipinski definition) is 7. The molecule has 0 bridgehead atoms. The lowest BCUT2D eigenvalue weighted by Crippen LogP contribution is -2.32. The second-order valence-electron chi connectivity index (χ2n) is 15.4. The molecule has 3 heterocycles. The van der Waals surface area contributed by atoms with Crippen molar-refractivity contribution in [3.8, 4) is 0 Å². The van der Waals surface area contributed by atoms with Gasteiger partial charge in [-0.1, -0.05) is 12.1 Å². The third-order valence-corrected chi connectivity index (χ3v) is 11.0. The number of benzene rings is 3. The van der Waals surface area contributed by atoms with E-state index in [-0.39, 0.29) is 22.9 Å². The van der Waals surface area contributed by atoms with E-state index in [0.717, 1.165) is 52.2 Å². The number of aryl methyl sites for hydroxylation is 3. The Balaban J connectivity index is 0.000000129. The molecule has 12 heteroatoms. The van der Waals surface area contributed by atoms with Crippen molar-refractivity contribution in [3.63, 3.8) is 0 Å². The first kappa shape index (κ1) is 36.9. The molecule has 3 aromatic carbocycles. The molecule has 9 N–H and O–H groups in total. The van der Waals surface area contributed by atoms with Crippen molar-refractivity contribution in [1.29, 1.82) is 0 Å². The highest BCUT2D eigenvalue weighted by Crippen LogP contribution is 2.47. The second kappa shape index (κ2) is 14.8. The van der Waals surface area contributed by atoms with Gasteiger partial charge in [-0.25, -0.2) is 0 Å². The summed E-state index contributed by atoms with van der Waals surface area (Å²) in [5, 5.41) is 32.6. The zero-order valence-corrected chi connectivity index (χ0v) is 30.9. The summed E-state index contributed by atoms with van der Waals surface area (Å²) in [5.74, 6) is -0.275. The van der Waals surface area contributed by atoms with Crippen LogP contribution in [0.4, 0.5) is 5.69 Å². The Kier molecular flexibility index (Phi) is 10.1. The molecule has 0 amide bonds. The summed E-state index contributed by atoms with van der Waals surface area (Å²) < 4.78 is 0. The average Bonchev–Trinajstić information content (AvgIpc) is 4.02. The maximum Gasteiger partial charge on any atom is 0.320 e. The molecule has 282 valence electrons. The number of carboxylic acid groups (broad SMARTS) is 2. The molecule has 54 heavy (non-hydrogen) atoms. The third-order valence-electron chi connectivity index (χ3n) is 11.0. The van der Waals surface area contributed by atoms with Crippen LogP contribution in [0.25, 0.3) is 32.7 Å². The molecule has 0 radical (unpaired) electrons. The molecule has 0 aliphatic heterocycles. The second-order valence-corrected chi connectivity index (χ2v) is 15.4. The van der Waals surface area contributed by atoms with E-state index in [1.165, 1.54) is 53.4 Å². The maximum absolute atomic E-state index is 11.6. The van der Waals surface area contributed by atoms with Crippen molar-refractivity contribution in [2.24, 2.45) is 11.5 Å². The number of rotatable bonds is 10. The van der Waals surface area contributed by atoms with Crippen LogP contribution in [0.3, 0.4) is 0 Å². The number of aliphatic carboxylic acids is 2. The lowest BCUT2D eigenvalue weighted by Gasteiger charge is -2.08. The lowest BCUT2D eigenvalue weighted by atomic mass is 9.98. The standard InChI is InChI=1S/C15H17N3O4.C15H18N2O2.C12H13N/c1-7-10(6-11(16)15(19)20)13-12(17-7)5-4-9(8-2-3-8)14(13)18(21)22;1-8-11(7-13(16)15(18)19)12-6-10(9-2-3-9)4-5-14(12)17-8;1-8-6-11-7-10(9-2-3-9)4-5-12(11)13-8/h4-5,8,11,17H,2-3,6,16H2,1H3,(H,19,20);4-6,9,13,17H,2-3,7,16H2,1H3,(H,18,19);4-7,9,13H,2-3H2,1H3. The summed E-state index contributed by atoms with van der Waals surface area (Å²) >= 11 is 0. The summed E-state index contributed by atoms with van der Waals surface area (Å²) in [5.41, 5.74) is 22.6. The lowest BCUT2D eigenvalue weighted by molar-refractivity contribution is -0.383. The largest absolute Gasteiger partial charge is 0.480 e. The Morgan fingerprint density at radius 2 is 1.24 bits per heavy atom. The van der Waals surface area contributed by atoms with E-state index in [2.05, 4.69) is 64.3 Å². The molecule has 12 nitrogen and oxygen atoms in total. The minimum absolute atomic E-state index is 0.0656. The van der Waals surface area contributed by atoms with E-state index in [1.54, 1.807) is 13.0 Å². The fourth-order valence-electron chi connectivity index (χ4n) is 7.57. The number of fused-ring (bicyclic) bond motifs is 3. The summed E-state index contributed by atoms with van der Waals surface area (Å²) in [4.78, 5) is 42.9. The third kappa shape index (κ3) is 7.90. The molecule has 6 aromatic rings. The Hall–Kier alpha value is -5.46. The van der Waals surface area contributed by atoms with Crippen molar-refractivity contribution >= 4 is 50.3 Å². The van der Waals surface area contributed by atoms with Crippen LogP contribution < -0.4 is 11.5 Å². The number of aromatic amines is 3. The Labute approximate surface area is 312 Å². The summed E-state index contributed by atoms with van der Waals surface area (Å²) in [6, 6.07) is 17.2. The Bertz CT molecular complexity index is 2390. The quantitative estimate of drug-likeness (QED) is 0.0541. The fraction of sp³-hybridized carbons (Fsp3) is 0.381. The molecular formula is C42H48N6O6. The zero-order chi connectivity index (χ0) is 38.4. The van der Waals surface area contributed by atoms with Gasteiger partial charge in [0.05, 0.1) is 15.8 Å². The summed E-state index contributed by atoms with van der Waals surface area (Å²) in [6.45, 7) is 5.86. The first-order chi connectivity index (χ1) is 25.8. The molecule has 9 rings (SSSR count). The van der Waals surface area contributed by atoms with Gasteiger partial charge in [-0.15, -0.1) is 0 Å². The average molecular weight is 733 g/mol. The van der Waals surface area contributed by atoms with Crippen LogP contribution in [0.15, 0.2) is 54.6 Å². The van der Waals surface area contributed by atoms with Gasteiger partial charge in [0, 0.05) is 51.9 Å². The van der Waals surface area contributed by atoms with Crippen LogP contribution in [0.1, 0.15) is 101 Å². The van der Waals surface area contributed by atoms with Crippen molar-refractivity contribution in [2.75, 3.05) is 0 Å². The van der Waals surface area contributed by atoms with Gasteiger partial charge in [-0.05, 0) is 147 Å². The topological polar surface area (TPSA) is 217 Å². The number of carbonyl (C=O) groups is 2. The van der Waals surface area contributed by atoms with E-state index in [9.17, 15) is 19.7 Å². The monoisotopic (exact) mass is 732 g/mol. The van der Waals surface area contributed by atoms with Crippen LogP contribution in [-0.2, 0) is 22.4 Å². The molecule has 3 fully saturated rings. The van der Waals surface area contributed by atoms with Crippen molar-refractivity contribution < 1.29 is 24.7 Å². The molecule has 3 aliphatic rings. The molecular weight excluding hydrogens is 684 g/mol. The molecule has 2 atom stereocenters. The first-order valence-electron chi connectivity index (χ1n) is 18.7. The molecule has 0 saturated heterocycles. The Morgan fingerprint density at radius 1 is 0.722 bits per heavy atom. The van der Waals surface area contributed by atoms with E-state index in [4.69, 9.17) is 21.7 Å².